The standard InChI is InChI=1S/C22H18BrN3O5/c1-29-19-7-5-14(11-20(19)30-2)22(28)31-18-8-6-17(23)10-16(18)13-25-26-21(27)15-4-3-9-24-12-15/h3-13H,1-2H3,(H,26,27)/b25-13+. The third-order valence-electron chi connectivity index (χ3n) is 4.09. The van der Waals surface area contributed by atoms with Crippen molar-refractivity contribution in [3.63, 3.8) is 0 Å². The lowest BCUT2D eigenvalue weighted by molar-refractivity contribution is 0.0733. The molecule has 1 aromatic heterocycles. The number of aromatic nitrogens is 1. The number of hydrogen-bond acceptors (Lipinski definition) is 7. The highest BCUT2D eigenvalue weighted by atomic mass is 79.9. The Hall–Kier alpha value is -3.72. The predicted octanol–water partition coefficient (Wildman–Crippen LogP) is 3.84. The first kappa shape index (κ1) is 22.0. The van der Waals surface area contributed by atoms with Crippen LogP contribution in [0, 0.1) is 0 Å². The zero-order valence-electron chi connectivity index (χ0n) is 16.7. The van der Waals surface area contributed by atoms with E-state index in [-0.39, 0.29) is 11.3 Å². The van der Waals surface area contributed by atoms with Gasteiger partial charge in [-0.3, -0.25) is 9.78 Å². The van der Waals surface area contributed by atoms with Crippen LogP contribution in [-0.4, -0.2) is 37.3 Å². The van der Waals surface area contributed by atoms with E-state index in [2.05, 4.69) is 31.4 Å². The minimum absolute atomic E-state index is 0.266. The van der Waals surface area contributed by atoms with Crippen LogP contribution in [0.15, 0.2) is 70.5 Å². The lowest BCUT2D eigenvalue weighted by Crippen LogP contribution is -2.17. The molecule has 0 aliphatic rings. The van der Waals surface area contributed by atoms with Gasteiger partial charge in [0, 0.05) is 22.4 Å². The summed E-state index contributed by atoms with van der Waals surface area (Å²) in [5.41, 5.74) is 3.55. The van der Waals surface area contributed by atoms with Crippen molar-refractivity contribution in [3.8, 4) is 17.2 Å². The van der Waals surface area contributed by atoms with E-state index in [1.807, 2.05) is 0 Å². The lowest BCUT2D eigenvalue weighted by Gasteiger charge is -2.11. The molecule has 0 atom stereocenters. The number of rotatable bonds is 7. The van der Waals surface area contributed by atoms with Crippen LogP contribution in [0.25, 0.3) is 0 Å². The van der Waals surface area contributed by atoms with Crippen LogP contribution in [-0.2, 0) is 0 Å². The first-order valence-corrected chi connectivity index (χ1v) is 9.78. The SMILES string of the molecule is COc1ccc(C(=O)Oc2ccc(Br)cc2/C=N/NC(=O)c2cccnc2)cc1OC. The van der Waals surface area contributed by atoms with Gasteiger partial charge in [0.25, 0.3) is 5.91 Å². The van der Waals surface area contributed by atoms with Gasteiger partial charge in [-0.05, 0) is 48.5 Å². The van der Waals surface area contributed by atoms with Gasteiger partial charge in [-0.2, -0.15) is 5.10 Å². The molecule has 3 rings (SSSR count). The van der Waals surface area contributed by atoms with Crippen molar-refractivity contribution in [3.05, 3.63) is 82.1 Å². The van der Waals surface area contributed by atoms with Crippen molar-refractivity contribution >= 4 is 34.0 Å². The van der Waals surface area contributed by atoms with Gasteiger partial charge in [0.05, 0.1) is 31.6 Å². The van der Waals surface area contributed by atoms with Gasteiger partial charge < -0.3 is 14.2 Å². The maximum atomic E-state index is 12.6. The fourth-order valence-electron chi connectivity index (χ4n) is 2.56. The number of hydrazone groups is 1. The molecule has 2 aromatic carbocycles. The van der Waals surface area contributed by atoms with Crippen molar-refractivity contribution in [2.75, 3.05) is 14.2 Å². The smallest absolute Gasteiger partial charge is 0.343 e. The van der Waals surface area contributed by atoms with E-state index in [0.717, 1.165) is 4.47 Å². The second-order valence-electron chi connectivity index (χ2n) is 6.08. The molecule has 0 aliphatic carbocycles. The number of halogens is 1. The number of nitrogens with zero attached hydrogens (tertiary/aromatic N) is 2. The largest absolute Gasteiger partial charge is 0.493 e. The number of nitrogens with one attached hydrogen (secondary N) is 1. The molecular formula is C22H18BrN3O5. The van der Waals surface area contributed by atoms with Gasteiger partial charge >= 0.3 is 5.97 Å². The van der Waals surface area contributed by atoms with Crippen LogP contribution in [0.2, 0.25) is 0 Å². The van der Waals surface area contributed by atoms with Crippen molar-refractivity contribution < 1.29 is 23.8 Å². The van der Waals surface area contributed by atoms with Crippen LogP contribution in [0.4, 0.5) is 0 Å². The molecule has 0 aliphatic heterocycles. The van der Waals surface area contributed by atoms with Crippen LogP contribution in [0.1, 0.15) is 26.3 Å². The minimum atomic E-state index is -0.586. The summed E-state index contributed by atoms with van der Waals surface area (Å²) < 4.78 is 16.7. The number of hydrogen-bond donors (Lipinski definition) is 1. The average Bonchev–Trinajstić information content (AvgIpc) is 2.80. The summed E-state index contributed by atoms with van der Waals surface area (Å²) in [4.78, 5) is 28.6. The molecule has 3 aromatic rings. The lowest BCUT2D eigenvalue weighted by atomic mass is 10.2. The Balaban J connectivity index is 1.77. The van der Waals surface area contributed by atoms with Gasteiger partial charge in [-0.15, -0.1) is 0 Å². The fourth-order valence-corrected chi connectivity index (χ4v) is 2.94. The number of esters is 1. The first-order chi connectivity index (χ1) is 15.0. The van der Waals surface area contributed by atoms with Crippen molar-refractivity contribution in [2.24, 2.45) is 5.10 Å². The Morgan fingerprint density at radius 3 is 2.48 bits per heavy atom. The molecule has 0 radical (unpaired) electrons. The van der Waals surface area contributed by atoms with Crippen LogP contribution in [0.3, 0.4) is 0 Å². The summed E-state index contributed by atoms with van der Waals surface area (Å²) in [5.74, 6) is 0.176. The third-order valence-corrected chi connectivity index (χ3v) is 4.58. The summed E-state index contributed by atoms with van der Waals surface area (Å²) in [6.07, 6.45) is 4.39. The molecule has 31 heavy (non-hydrogen) atoms. The molecule has 0 unspecified atom stereocenters. The number of methoxy groups -OCH3 is 2. The molecule has 1 amide bonds. The highest BCUT2D eigenvalue weighted by molar-refractivity contribution is 9.10. The van der Waals surface area contributed by atoms with E-state index in [9.17, 15) is 9.59 Å². The Kier molecular flexibility index (Phi) is 7.34. The normalized spacial score (nSPS) is 10.5. The van der Waals surface area contributed by atoms with Crippen molar-refractivity contribution in [1.29, 1.82) is 0 Å². The first-order valence-electron chi connectivity index (χ1n) is 8.99. The zero-order valence-corrected chi connectivity index (χ0v) is 18.3. The van der Waals surface area contributed by atoms with Gasteiger partial charge in [-0.1, -0.05) is 15.9 Å². The maximum absolute atomic E-state index is 12.6. The fraction of sp³-hybridized carbons (Fsp3) is 0.0909. The number of carbonyl (C=O) groups excluding carboxylic acids is 2. The number of pyridine rings is 1. The Morgan fingerprint density at radius 2 is 1.77 bits per heavy atom. The summed E-state index contributed by atoms with van der Waals surface area (Å²) in [6.45, 7) is 0. The van der Waals surface area contributed by atoms with Crippen molar-refractivity contribution in [2.45, 2.75) is 0 Å². The number of benzene rings is 2. The highest BCUT2D eigenvalue weighted by Crippen LogP contribution is 2.29. The molecule has 0 saturated heterocycles. The Morgan fingerprint density at radius 1 is 1.00 bits per heavy atom. The highest BCUT2D eigenvalue weighted by Gasteiger charge is 2.15. The zero-order chi connectivity index (χ0) is 22.2. The summed E-state index contributed by atoms with van der Waals surface area (Å²) in [5, 5.41) is 3.95. The van der Waals surface area contributed by atoms with E-state index < -0.39 is 11.9 Å². The summed E-state index contributed by atoms with van der Waals surface area (Å²) in [6, 6.07) is 13.0. The van der Waals surface area contributed by atoms with Gasteiger partial charge in [0.15, 0.2) is 11.5 Å². The average molecular weight is 484 g/mol. The van der Waals surface area contributed by atoms with Crippen LogP contribution >= 0.6 is 15.9 Å². The van der Waals surface area contributed by atoms with E-state index >= 15 is 0 Å². The van der Waals surface area contributed by atoms with Crippen LogP contribution < -0.4 is 19.6 Å². The second-order valence-corrected chi connectivity index (χ2v) is 7.00. The molecule has 158 valence electrons. The topological polar surface area (TPSA) is 99.1 Å². The van der Waals surface area contributed by atoms with E-state index in [4.69, 9.17) is 14.2 Å². The monoisotopic (exact) mass is 483 g/mol. The molecule has 9 heteroatoms. The number of carbonyl (C=O) groups is 2. The summed E-state index contributed by atoms with van der Waals surface area (Å²) >= 11 is 3.37. The third kappa shape index (κ3) is 5.67. The van der Waals surface area contributed by atoms with Gasteiger partial charge in [0.1, 0.15) is 5.75 Å². The van der Waals surface area contributed by atoms with Gasteiger partial charge in [-0.25, -0.2) is 10.2 Å². The molecule has 8 nitrogen and oxygen atoms in total. The molecule has 0 bridgehead atoms. The number of ether oxygens (including phenoxy) is 3. The molecule has 1 N–H and O–H groups in total. The van der Waals surface area contributed by atoms with E-state index in [1.54, 1.807) is 48.7 Å². The van der Waals surface area contributed by atoms with Crippen molar-refractivity contribution in [1.82, 2.24) is 10.4 Å². The molecule has 0 saturated carbocycles. The van der Waals surface area contributed by atoms with Crippen LogP contribution in [0.5, 0.6) is 17.2 Å². The molecule has 0 spiro atoms. The summed E-state index contributed by atoms with van der Waals surface area (Å²) in [7, 11) is 2.99. The van der Waals surface area contributed by atoms with E-state index in [1.165, 1.54) is 32.7 Å². The maximum Gasteiger partial charge on any atom is 0.343 e. The molecular weight excluding hydrogens is 466 g/mol. The Labute approximate surface area is 187 Å². The van der Waals surface area contributed by atoms with Gasteiger partial charge in [0.2, 0.25) is 0 Å². The minimum Gasteiger partial charge on any atom is -0.493 e. The Bertz CT molecular complexity index is 1120. The molecule has 0 fully saturated rings. The quantitative estimate of drug-likeness (QED) is 0.237. The molecule has 1 heterocycles. The van der Waals surface area contributed by atoms with E-state index in [0.29, 0.717) is 22.6 Å². The predicted molar refractivity (Wildman–Crippen MR) is 118 cm³/mol. The second kappa shape index (κ2) is 10.4. The number of amides is 1.